The molecule has 112 valence electrons. The third-order valence-electron chi connectivity index (χ3n) is 3.49. The van der Waals surface area contributed by atoms with E-state index < -0.39 is 6.10 Å². The Kier molecular flexibility index (Phi) is 4.91. The van der Waals surface area contributed by atoms with Gasteiger partial charge in [-0.2, -0.15) is 0 Å². The van der Waals surface area contributed by atoms with Crippen LogP contribution in [0, 0.1) is 13.8 Å². The zero-order chi connectivity index (χ0) is 15.6. The smallest absolute Gasteiger partial charge is 0.133 e. The second-order valence-electron chi connectivity index (χ2n) is 4.98. The van der Waals surface area contributed by atoms with E-state index in [-0.39, 0.29) is 0 Å². The summed E-state index contributed by atoms with van der Waals surface area (Å²) in [4.78, 5) is 0. The average Bonchev–Trinajstić information content (AvgIpc) is 2.46. The molecule has 2 rings (SSSR count). The quantitative estimate of drug-likeness (QED) is 0.899. The highest BCUT2D eigenvalue weighted by Gasteiger charge is 2.15. The van der Waals surface area contributed by atoms with E-state index in [1.165, 1.54) is 0 Å². The van der Waals surface area contributed by atoms with Crippen LogP contribution < -0.4 is 9.47 Å². The molecular weight excluding hydrogens is 332 g/mol. The molecule has 0 bridgehead atoms. The van der Waals surface area contributed by atoms with Gasteiger partial charge in [0, 0.05) is 0 Å². The number of rotatable bonds is 4. The standard InChI is InChI=1S/C17H19BrO3/c1-10-7-13(8-11(2)17(10)21-4)16(19)12-5-6-15(20-3)14(18)9-12/h5-9,16,19H,1-4H3. The van der Waals surface area contributed by atoms with Crippen LogP contribution in [0.4, 0.5) is 0 Å². The van der Waals surface area contributed by atoms with E-state index in [0.29, 0.717) is 0 Å². The summed E-state index contributed by atoms with van der Waals surface area (Å²) in [7, 11) is 3.28. The first kappa shape index (κ1) is 15.9. The van der Waals surface area contributed by atoms with Crippen molar-refractivity contribution in [2.75, 3.05) is 14.2 Å². The lowest BCUT2D eigenvalue weighted by molar-refractivity contribution is 0.220. The Labute approximate surface area is 133 Å². The van der Waals surface area contributed by atoms with E-state index in [0.717, 1.165) is 38.2 Å². The number of ether oxygens (including phenoxy) is 2. The number of aryl methyl sites for hydroxylation is 2. The third kappa shape index (κ3) is 3.22. The first-order valence-corrected chi connectivity index (χ1v) is 7.44. The van der Waals surface area contributed by atoms with Crippen molar-refractivity contribution in [3.8, 4) is 11.5 Å². The van der Waals surface area contributed by atoms with Crippen LogP contribution in [0.2, 0.25) is 0 Å². The molecule has 3 nitrogen and oxygen atoms in total. The van der Waals surface area contributed by atoms with Gasteiger partial charge in [-0.15, -0.1) is 0 Å². The van der Waals surface area contributed by atoms with E-state index in [4.69, 9.17) is 9.47 Å². The lowest BCUT2D eigenvalue weighted by Crippen LogP contribution is -2.02. The van der Waals surface area contributed by atoms with Crippen LogP contribution in [0.15, 0.2) is 34.8 Å². The fraction of sp³-hybridized carbons (Fsp3) is 0.294. The molecule has 0 saturated carbocycles. The highest BCUT2D eigenvalue weighted by Crippen LogP contribution is 2.33. The van der Waals surface area contributed by atoms with Crippen molar-refractivity contribution in [3.63, 3.8) is 0 Å². The van der Waals surface area contributed by atoms with Crippen LogP contribution in [-0.4, -0.2) is 19.3 Å². The number of aliphatic hydroxyl groups is 1. The molecule has 1 atom stereocenters. The molecule has 0 saturated heterocycles. The van der Waals surface area contributed by atoms with E-state index >= 15 is 0 Å². The molecule has 21 heavy (non-hydrogen) atoms. The molecule has 4 heteroatoms. The maximum Gasteiger partial charge on any atom is 0.133 e. The normalized spacial score (nSPS) is 12.1. The molecule has 0 spiro atoms. The molecule has 2 aromatic carbocycles. The van der Waals surface area contributed by atoms with Gasteiger partial charge in [-0.05, 0) is 76.3 Å². The van der Waals surface area contributed by atoms with Gasteiger partial charge in [-0.25, -0.2) is 0 Å². The fourth-order valence-corrected chi connectivity index (χ4v) is 3.07. The second kappa shape index (κ2) is 6.50. The highest BCUT2D eigenvalue weighted by atomic mass is 79.9. The summed E-state index contributed by atoms with van der Waals surface area (Å²) < 4.78 is 11.4. The number of benzene rings is 2. The Balaban J connectivity index is 2.40. The number of methoxy groups -OCH3 is 2. The maximum atomic E-state index is 10.6. The summed E-state index contributed by atoms with van der Waals surface area (Å²) in [6, 6.07) is 9.48. The van der Waals surface area contributed by atoms with Gasteiger partial charge in [0.25, 0.3) is 0 Å². The van der Waals surface area contributed by atoms with Gasteiger partial charge < -0.3 is 14.6 Å². The average molecular weight is 351 g/mol. The molecule has 0 amide bonds. The zero-order valence-electron chi connectivity index (χ0n) is 12.6. The predicted octanol–water partition coefficient (Wildman–Crippen LogP) is 4.16. The van der Waals surface area contributed by atoms with Crippen molar-refractivity contribution in [1.82, 2.24) is 0 Å². The lowest BCUT2D eigenvalue weighted by Gasteiger charge is -2.17. The van der Waals surface area contributed by atoms with Crippen molar-refractivity contribution in [1.29, 1.82) is 0 Å². The maximum absolute atomic E-state index is 10.6. The molecule has 0 fully saturated rings. The summed E-state index contributed by atoms with van der Waals surface area (Å²) in [6.45, 7) is 3.96. The number of hydrogen-bond acceptors (Lipinski definition) is 3. The molecule has 0 heterocycles. The van der Waals surface area contributed by atoms with Crippen molar-refractivity contribution < 1.29 is 14.6 Å². The van der Waals surface area contributed by atoms with Crippen molar-refractivity contribution in [2.24, 2.45) is 0 Å². The van der Waals surface area contributed by atoms with Crippen molar-refractivity contribution >= 4 is 15.9 Å². The molecule has 0 aliphatic carbocycles. The van der Waals surface area contributed by atoms with Crippen molar-refractivity contribution in [3.05, 3.63) is 57.1 Å². The number of aliphatic hydroxyl groups excluding tert-OH is 1. The minimum Gasteiger partial charge on any atom is -0.496 e. The van der Waals surface area contributed by atoms with Crippen molar-refractivity contribution in [2.45, 2.75) is 20.0 Å². The SMILES string of the molecule is COc1ccc(C(O)c2cc(C)c(OC)c(C)c2)cc1Br. The van der Waals surface area contributed by atoms with Crippen LogP contribution in [-0.2, 0) is 0 Å². The molecule has 0 radical (unpaired) electrons. The summed E-state index contributed by atoms with van der Waals surface area (Å²) in [5, 5.41) is 10.6. The fourth-order valence-electron chi connectivity index (χ4n) is 2.51. The zero-order valence-corrected chi connectivity index (χ0v) is 14.2. The highest BCUT2D eigenvalue weighted by molar-refractivity contribution is 9.10. The Morgan fingerprint density at radius 1 is 0.952 bits per heavy atom. The van der Waals surface area contributed by atoms with Gasteiger partial charge >= 0.3 is 0 Å². The molecular formula is C17H19BrO3. The van der Waals surface area contributed by atoms with Crippen LogP contribution in [0.25, 0.3) is 0 Å². The van der Waals surface area contributed by atoms with E-state index in [9.17, 15) is 5.11 Å². The summed E-state index contributed by atoms with van der Waals surface area (Å²) in [5.41, 5.74) is 3.69. The topological polar surface area (TPSA) is 38.7 Å². The van der Waals surface area contributed by atoms with Crippen LogP contribution in [0.1, 0.15) is 28.4 Å². The van der Waals surface area contributed by atoms with Gasteiger partial charge in [0.05, 0.1) is 18.7 Å². The van der Waals surface area contributed by atoms with Gasteiger partial charge in [-0.3, -0.25) is 0 Å². The molecule has 0 aliphatic rings. The minimum atomic E-state index is -0.685. The van der Waals surface area contributed by atoms with Gasteiger partial charge in [0.1, 0.15) is 17.6 Å². The van der Waals surface area contributed by atoms with Crippen LogP contribution in [0.5, 0.6) is 11.5 Å². The van der Waals surface area contributed by atoms with Crippen LogP contribution >= 0.6 is 15.9 Å². The lowest BCUT2D eigenvalue weighted by atomic mass is 9.97. The second-order valence-corrected chi connectivity index (χ2v) is 5.84. The van der Waals surface area contributed by atoms with Gasteiger partial charge in [0.2, 0.25) is 0 Å². The van der Waals surface area contributed by atoms with Gasteiger partial charge in [-0.1, -0.05) is 6.07 Å². The van der Waals surface area contributed by atoms with Gasteiger partial charge in [0.15, 0.2) is 0 Å². The number of halogens is 1. The minimum absolute atomic E-state index is 0.685. The summed E-state index contributed by atoms with van der Waals surface area (Å²) in [6.07, 6.45) is -0.685. The summed E-state index contributed by atoms with van der Waals surface area (Å²) in [5.74, 6) is 1.61. The van der Waals surface area contributed by atoms with E-state index in [1.54, 1.807) is 14.2 Å². The molecule has 0 aromatic heterocycles. The first-order chi connectivity index (χ1) is 9.97. The first-order valence-electron chi connectivity index (χ1n) is 6.64. The molecule has 2 aromatic rings. The molecule has 0 aliphatic heterocycles. The Morgan fingerprint density at radius 2 is 1.57 bits per heavy atom. The monoisotopic (exact) mass is 350 g/mol. The summed E-state index contributed by atoms with van der Waals surface area (Å²) >= 11 is 3.44. The Morgan fingerprint density at radius 3 is 2.05 bits per heavy atom. The van der Waals surface area contributed by atoms with E-state index in [1.807, 2.05) is 44.2 Å². The number of hydrogen-bond donors (Lipinski definition) is 1. The third-order valence-corrected chi connectivity index (χ3v) is 4.11. The Hall–Kier alpha value is -1.52. The Bertz CT molecular complexity index is 629. The molecule has 1 N–H and O–H groups in total. The van der Waals surface area contributed by atoms with E-state index in [2.05, 4.69) is 15.9 Å². The largest absolute Gasteiger partial charge is 0.496 e. The predicted molar refractivity (Wildman–Crippen MR) is 87.2 cm³/mol. The van der Waals surface area contributed by atoms with Crippen LogP contribution in [0.3, 0.4) is 0 Å². The molecule has 1 unspecified atom stereocenters.